The van der Waals surface area contributed by atoms with Crippen molar-refractivity contribution in [3.05, 3.63) is 0 Å². The third-order valence-corrected chi connectivity index (χ3v) is 4.47. The van der Waals surface area contributed by atoms with Gasteiger partial charge in [-0.3, -0.25) is 19.3 Å². The van der Waals surface area contributed by atoms with Crippen LogP contribution in [0.3, 0.4) is 0 Å². The highest BCUT2D eigenvalue weighted by Crippen LogP contribution is 2.42. The number of aliphatic carboxylic acids is 1. The molecular formula is C15H24N2O4. The van der Waals surface area contributed by atoms with Crippen molar-refractivity contribution in [2.24, 2.45) is 11.3 Å². The van der Waals surface area contributed by atoms with Crippen LogP contribution in [-0.4, -0.2) is 46.4 Å². The van der Waals surface area contributed by atoms with Gasteiger partial charge in [0.2, 0.25) is 11.8 Å². The Hall–Kier alpha value is -1.43. The molecule has 2 amide bonds. The highest BCUT2D eigenvalue weighted by Gasteiger charge is 2.55. The first-order valence-corrected chi connectivity index (χ1v) is 7.58. The number of hydrogen-bond donors (Lipinski definition) is 2. The van der Waals surface area contributed by atoms with E-state index in [0.717, 1.165) is 24.2 Å². The fraction of sp³-hybridized carbons (Fsp3) is 0.800. The minimum Gasteiger partial charge on any atom is -0.480 e. The second-order valence-corrected chi connectivity index (χ2v) is 6.82. The summed E-state index contributed by atoms with van der Waals surface area (Å²) in [7, 11) is 0. The second kappa shape index (κ2) is 5.40. The quantitative estimate of drug-likeness (QED) is 0.685. The van der Waals surface area contributed by atoms with Crippen molar-refractivity contribution in [3.63, 3.8) is 0 Å². The first-order chi connectivity index (χ1) is 9.74. The summed E-state index contributed by atoms with van der Waals surface area (Å²) in [6.45, 7) is 5.91. The average molecular weight is 296 g/mol. The monoisotopic (exact) mass is 296 g/mol. The molecule has 1 unspecified atom stereocenters. The zero-order valence-electron chi connectivity index (χ0n) is 12.9. The molecular weight excluding hydrogens is 272 g/mol. The Morgan fingerprint density at radius 3 is 2.43 bits per heavy atom. The number of amides is 2. The first-order valence-electron chi connectivity index (χ1n) is 7.58. The van der Waals surface area contributed by atoms with Gasteiger partial charge >= 0.3 is 5.97 Å². The van der Waals surface area contributed by atoms with Gasteiger partial charge in [0.05, 0.1) is 12.0 Å². The fourth-order valence-corrected chi connectivity index (χ4v) is 3.01. The molecule has 118 valence electrons. The normalized spacial score (nSPS) is 24.2. The lowest BCUT2D eigenvalue weighted by molar-refractivity contribution is -0.150. The molecule has 0 aromatic heterocycles. The highest BCUT2D eigenvalue weighted by atomic mass is 16.4. The van der Waals surface area contributed by atoms with Crippen molar-refractivity contribution in [3.8, 4) is 0 Å². The minimum atomic E-state index is -1.19. The van der Waals surface area contributed by atoms with Crippen LogP contribution in [0.4, 0.5) is 0 Å². The van der Waals surface area contributed by atoms with Crippen LogP contribution in [0, 0.1) is 11.3 Å². The Morgan fingerprint density at radius 2 is 2.05 bits per heavy atom. The first kappa shape index (κ1) is 15.9. The summed E-state index contributed by atoms with van der Waals surface area (Å²) in [5, 5.41) is 12.8. The predicted octanol–water partition coefficient (Wildman–Crippen LogP) is 1.00. The van der Waals surface area contributed by atoms with Crippen LogP contribution in [0.5, 0.6) is 0 Å². The van der Waals surface area contributed by atoms with Gasteiger partial charge in [0.1, 0.15) is 5.54 Å². The summed E-state index contributed by atoms with van der Waals surface area (Å²) >= 11 is 0. The molecule has 0 spiro atoms. The smallest absolute Gasteiger partial charge is 0.326 e. The Balaban J connectivity index is 2.25. The van der Waals surface area contributed by atoms with E-state index in [1.54, 1.807) is 13.8 Å². The van der Waals surface area contributed by atoms with Crippen molar-refractivity contribution in [1.29, 1.82) is 0 Å². The number of nitrogens with zero attached hydrogens (tertiary/aromatic N) is 1. The van der Waals surface area contributed by atoms with Gasteiger partial charge in [-0.05, 0) is 31.7 Å². The zero-order chi connectivity index (χ0) is 15.8. The average Bonchev–Trinajstić information content (AvgIpc) is 3.19. The topological polar surface area (TPSA) is 86.7 Å². The van der Waals surface area contributed by atoms with E-state index < -0.39 is 16.9 Å². The van der Waals surface area contributed by atoms with Gasteiger partial charge in [0, 0.05) is 6.42 Å². The molecule has 0 radical (unpaired) electrons. The molecule has 0 aromatic carbocycles. The van der Waals surface area contributed by atoms with E-state index in [-0.39, 0.29) is 30.7 Å². The molecule has 1 saturated heterocycles. The van der Waals surface area contributed by atoms with Crippen LogP contribution in [-0.2, 0) is 14.4 Å². The SMILES string of the molecule is CCCNC(CN1C(=O)CC(C)(C)C1=O)(C(=O)O)C1CC1. The Kier molecular flexibility index (Phi) is 4.10. The summed E-state index contributed by atoms with van der Waals surface area (Å²) in [5.74, 6) is -1.51. The maximum Gasteiger partial charge on any atom is 0.326 e. The summed E-state index contributed by atoms with van der Waals surface area (Å²) < 4.78 is 0. The standard InChI is InChI=1S/C15H24N2O4/c1-4-7-16-15(13(20)21,10-5-6-10)9-17-11(18)8-14(2,3)12(17)19/h10,16H,4-9H2,1-3H3,(H,20,21). The number of likely N-dealkylation sites (tertiary alicyclic amines) is 1. The molecule has 2 rings (SSSR count). The van der Waals surface area contributed by atoms with Crippen molar-refractivity contribution >= 4 is 17.8 Å². The van der Waals surface area contributed by atoms with E-state index >= 15 is 0 Å². The van der Waals surface area contributed by atoms with Gasteiger partial charge in [0.15, 0.2) is 0 Å². The van der Waals surface area contributed by atoms with Gasteiger partial charge in [-0.1, -0.05) is 20.8 Å². The number of carboxylic acid groups (broad SMARTS) is 1. The van der Waals surface area contributed by atoms with Gasteiger partial charge in [-0.25, -0.2) is 0 Å². The molecule has 6 nitrogen and oxygen atoms in total. The third kappa shape index (κ3) is 2.81. The molecule has 1 atom stereocenters. The largest absolute Gasteiger partial charge is 0.480 e. The van der Waals surface area contributed by atoms with Gasteiger partial charge in [-0.15, -0.1) is 0 Å². The Labute approximate surface area is 124 Å². The van der Waals surface area contributed by atoms with Crippen molar-refractivity contribution in [1.82, 2.24) is 10.2 Å². The van der Waals surface area contributed by atoms with Crippen LogP contribution in [0.1, 0.15) is 46.5 Å². The van der Waals surface area contributed by atoms with Crippen molar-refractivity contribution in [2.45, 2.75) is 52.0 Å². The van der Waals surface area contributed by atoms with E-state index in [1.165, 1.54) is 0 Å². The van der Waals surface area contributed by atoms with Crippen LogP contribution >= 0.6 is 0 Å². The molecule has 0 aromatic rings. The molecule has 0 bridgehead atoms. The molecule has 6 heteroatoms. The third-order valence-electron chi connectivity index (χ3n) is 4.47. The minimum absolute atomic E-state index is 0.00846. The van der Waals surface area contributed by atoms with Gasteiger partial charge < -0.3 is 10.4 Å². The fourth-order valence-electron chi connectivity index (χ4n) is 3.01. The van der Waals surface area contributed by atoms with Crippen molar-refractivity contribution < 1.29 is 19.5 Å². The van der Waals surface area contributed by atoms with Gasteiger partial charge in [0.25, 0.3) is 0 Å². The molecule has 1 heterocycles. The van der Waals surface area contributed by atoms with Crippen LogP contribution < -0.4 is 5.32 Å². The molecule has 2 fully saturated rings. The van der Waals surface area contributed by atoms with Crippen LogP contribution in [0.2, 0.25) is 0 Å². The molecule has 21 heavy (non-hydrogen) atoms. The van der Waals surface area contributed by atoms with E-state index in [0.29, 0.717) is 6.54 Å². The summed E-state index contributed by atoms with van der Waals surface area (Å²) in [6.07, 6.45) is 2.60. The van der Waals surface area contributed by atoms with E-state index in [4.69, 9.17) is 0 Å². The lowest BCUT2D eigenvalue weighted by Crippen LogP contribution is -2.62. The second-order valence-electron chi connectivity index (χ2n) is 6.82. The maximum absolute atomic E-state index is 12.3. The summed E-state index contributed by atoms with van der Waals surface area (Å²) in [6, 6.07) is 0. The molecule has 1 aliphatic heterocycles. The molecule has 2 N–H and O–H groups in total. The van der Waals surface area contributed by atoms with Crippen LogP contribution in [0.25, 0.3) is 0 Å². The number of rotatable bonds is 7. The van der Waals surface area contributed by atoms with Gasteiger partial charge in [-0.2, -0.15) is 0 Å². The number of nitrogens with one attached hydrogen (secondary N) is 1. The Morgan fingerprint density at radius 1 is 1.43 bits per heavy atom. The lowest BCUT2D eigenvalue weighted by atomic mass is 9.90. The molecule has 1 saturated carbocycles. The number of carboxylic acids is 1. The number of carbonyl (C=O) groups is 3. The van der Waals surface area contributed by atoms with E-state index in [2.05, 4.69) is 5.32 Å². The summed E-state index contributed by atoms with van der Waals surface area (Å²) in [4.78, 5) is 37.4. The van der Waals surface area contributed by atoms with E-state index in [1.807, 2.05) is 6.92 Å². The van der Waals surface area contributed by atoms with Crippen LogP contribution in [0.15, 0.2) is 0 Å². The lowest BCUT2D eigenvalue weighted by Gasteiger charge is -2.34. The number of carbonyl (C=O) groups excluding carboxylic acids is 2. The predicted molar refractivity (Wildman–Crippen MR) is 76.5 cm³/mol. The Bertz CT molecular complexity index is 470. The number of hydrogen-bond acceptors (Lipinski definition) is 4. The number of imide groups is 1. The van der Waals surface area contributed by atoms with Crippen molar-refractivity contribution in [2.75, 3.05) is 13.1 Å². The van der Waals surface area contributed by atoms with E-state index in [9.17, 15) is 19.5 Å². The maximum atomic E-state index is 12.3. The molecule has 2 aliphatic rings. The summed E-state index contributed by atoms with van der Waals surface area (Å²) in [5.41, 5.74) is -1.92. The molecule has 1 aliphatic carbocycles. The zero-order valence-corrected chi connectivity index (χ0v) is 12.9. The highest BCUT2D eigenvalue weighted by molar-refractivity contribution is 6.06.